The van der Waals surface area contributed by atoms with Gasteiger partial charge in [0.05, 0.1) is 29.6 Å². The van der Waals surface area contributed by atoms with Gasteiger partial charge in [-0.25, -0.2) is 4.79 Å². The zero-order valence-corrected chi connectivity index (χ0v) is 18.4. The Morgan fingerprint density at radius 2 is 1.83 bits per heavy atom. The van der Waals surface area contributed by atoms with Crippen LogP contribution < -0.4 is 21.1 Å². The fourth-order valence-electron chi connectivity index (χ4n) is 3.63. The van der Waals surface area contributed by atoms with Gasteiger partial charge < -0.3 is 25.7 Å². The fourth-order valence-corrected chi connectivity index (χ4v) is 3.63. The molecular formula is C24H20F3N5O3. The third-order valence-electron chi connectivity index (χ3n) is 5.27. The van der Waals surface area contributed by atoms with Gasteiger partial charge in [-0.15, -0.1) is 0 Å². The van der Waals surface area contributed by atoms with Gasteiger partial charge in [0.15, 0.2) is 0 Å². The first-order valence-electron chi connectivity index (χ1n) is 10.3. The van der Waals surface area contributed by atoms with Crippen molar-refractivity contribution in [1.82, 2.24) is 9.55 Å². The Morgan fingerprint density at radius 3 is 2.54 bits per heavy atom. The number of carbonyl (C=O) groups excluding carboxylic acids is 2. The summed E-state index contributed by atoms with van der Waals surface area (Å²) in [6.07, 6.45) is -1.25. The molecule has 0 radical (unpaired) electrons. The highest BCUT2D eigenvalue weighted by Gasteiger charge is 2.31. The number of pyridine rings is 1. The third-order valence-corrected chi connectivity index (χ3v) is 5.27. The second-order valence-electron chi connectivity index (χ2n) is 7.59. The van der Waals surface area contributed by atoms with Crippen LogP contribution in [-0.2, 0) is 12.7 Å². The second-order valence-corrected chi connectivity index (χ2v) is 7.59. The molecule has 0 fully saturated rings. The largest absolute Gasteiger partial charge is 0.495 e. The van der Waals surface area contributed by atoms with Crippen molar-refractivity contribution in [2.24, 2.45) is 5.73 Å². The molecule has 0 saturated heterocycles. The van der Waals surface area contributed by atoms with Crippen molar-refractivity contribution in [3.8, 4) is 5.75 Å². The van der Waals surface area contributed by atoms with E-state index in [-0.39, 0.29) is 17.1 Å². The number of nitrogens with zero attached hydrogens (tertiary/aromatic N) is 2. The number of ether oxygens (including phenoxy) is 1. The van der Waals surface area contributed by atoms with E-state index in [2.05, 4.69) is 15.6 Å². The van der Waals surface area contributed by atoms with Gasteiger partial charge in [-0.3, -0.25) is 9.78 Å². The van der Waals surface area contributed by atoms with Crippen LogP contribution in [0.1, 0.15) is 21.6 Å². The summed E-state index contributed by atoms with van der Waals surface area (Å²) in [5.74, 6) is -0.538. The Kier molecular flexibility index (Phi) is 6.32. The summed E-state index contributed by atoms with van der Waals surface area (Å²) in [7, 11) is 1.30. The van der Waals surface area contributed by atoms with Crippen molar-refractivity contribution in [3.63, 3.8) is 0 Å². The number of alkyl halides is 3. The van der Waals surface area contributed by atoms with Crippen LogP contribution in [0.15, 0.2) is 67.0 Å². The zero-order chi connectivity index (χ0) is 25.2. The Bertz CT molecular complexity index is 1420. The molecule has 0 aliphatic carbocycles. The molecule has 0 bridgehead atoms. The van der Waals surface area contributed by atoms with Crippen LogP contribution in [0.25, 0.3) is 10.9 Å². The van der Waals surface area contributed by atoms with E-state index in [0.717, 1.165) is 29.3 Å². The standard InChI is InChI=1S/C24H20F3N5O3/c1-35-21-6-5-15(24(25,26)27)12-18(21)31-23(34)30-17-3-2-4-20-16(17)8-10-32(20)13-14-7-9-29-19(11-14)22(28)33/h2-12H,13H2,1H3,(H2,28,33)(H2,30,31,34). The number of methoxy groups -OCH3 is 1. The molecular weight excluding hydrogens is 463 g/mol. The first-order valence-corrected chi connectivity index (χ1v) is 10.3. The molecule has 2 aromatic carbocycles. The number of carbonyl (C=O) groups is 2. The quantitative estimate of drug-likeness (QED) is 0.364. The lowest BCUT2D eigenvalue weighted by Gasteiger charge is -2.14. The molecule has 180 valence electrons. The zero-order valence-electron chi connectivity index (χ0n) is 18.4. The number of benzene rings is 2. The first kappa shape index (κ1) is 23.6. The maximum absolute atomic E-state index is 13.1. The van der Waals surface area contributed by atoms with Crippen molar-refractivity contribution in [2.75, 3.05) is 17.7 Å². The van der Waals surface area contributed by atoms with E-state index < -0.39 is 23.7 Å². The summed E-state index contributed by atoms with van der Waals surface area (Å²) in [6.45, 7) is 0.420. The minimum Gasteiger partial charge on any atom is -0.495 e. The van der Waals surface area contributed by atoms with Gasteiger partial charge in [-0.2, -0.15) is 13.2 Å². The number of urea groups is 1. The lowest BCUT2D eigenvalue weighted by Crippen LogP contribution is -2.20. The van der Waals surface area contributed by atoms with Crippen LogP contribution in [-0.4, -0.2) is 28.6 Å². The fraction of sp³-hybridized carbons (Fsp3) is 0.125. The molecule has 4 N–H and O–H groups in total. The summed E-state index contributed by atoms with van der Waals surface area (Å²) in [5.41, 5.74) is 6.47. The molecule has 0 aliphatic rings. The summed E-state index contributed by atoms with van der Waals surface area (Å²) >= 11 is 0. The number of anilines is 2. The molecule has 4 aromatic rings. The summed E-state index contributed by atoms with van der Waals surface area (Å²) in [6, 6.07) is 12.5. The molecule has 0 aliphatic heterocycles. The van der Waals surface area contributed by atoms with E-state index in [1.165, 1.54) is 13.3 Å². The molecule has 8 nitrogen and oxygen atoms in total. The van der Waals surface area contributed by atoms with E-state index in [4.69, 9.17) is 10.5 Å². The predicted octanol–water partition coefficient (Wildman–Crippen LogP) is 4.85. The van der Waals surface area contributed by atoms with Gasteiger partial charge >= 0.3 is 12.2 Å². The molecule has 2 heterocycles. The van der Waals surface area contributed by atoms with Gasteiger partial charge in [0.1, 0.15) is 11.4 Å². The molecule has 0 atom stereocenters. The van der Waals surface area contributed by atoms with E-state index in [1.54, 1.807) is 30.3 Å². The average molecular weight is 483 g/mol. The van der Waals surface area contributed by atoms with Crippen molar-refractivity contribution in [3.05, 3.63) is 83.8 Å². The van der Waals surface area contributed by atoms with Crippen LogP contribution in [0.2, 0.25) is 0 Å². The van der Waals surface area contributed by atoms with Crippen LogP contribution in [0, 0.1) is 0 Å². The Morgan fingerprint density at radius 1 is 1.06 bits per heavy atom. The number of amides is 3. The number of hydrogen-bond acceptors (Lipinski definition) is 4. The number of aromatic nitrogens is 2. The van der Waals surface area contributed by atoms with Gasteiger partial charge in [0.25, 0.3) is 5.91 Å². The normalized spacial score (nSPS) is 11.3. The number of rotatable bonds is 6. The highest BCUT2D eigenvalue weighted by atomic mass is 19.4. The van der Waals surface area contributed by atoms with E-state index in [0.29, 0.717) is 17.6 Å². The molecule has 2 aromatic heterocycles. The third kappa shape index (κ3) is 5.18. The Balaban J connectivity index is 1.56. The number of hydrogen-bond donors (Lipinski definition) is 3. The Hall–Kier alpha value is -4.54. The highest BCUT2D eigenvalue weighted by molar-refractivity contribution is 6.06. The minimum atomic E-state index is -4.57. The second kappa shape index (κ2) is 9.37. The number of nitrogens with one attached hydrogen (secondary N) is 2. The van der Waals surface area contributed by atoms with Crippen molar-refractivity contribution < 1.29 is 27.5 Å². The van der Waals surface area contributed by atoms with Crippen LogP contribution >= 0.6 is 0 Å². The summed E-state index contributed by atoms with van der Waals surface area (Å²) in [5, 5.41) is 5.80. The first-order chi connectivity index (χ1) is 16.7. The molecule has 0 spiro atoms. The van der Waals surface area contributed by atoms with E-state index in [9.17, 15) is 22.8 Å². The van der Waals surface area contributed by atoms with Gasteiger partial charge in [-0.05, 0) is 54.1 Å². The van der Waals surface area contributed by atoms with Crippen molar-refractivity contribution in [2.45, 2.75) is 12.7 Å². The topological polar surface area (TPSA) is 111 Å². The van der Waals surface area contributed by atoms with Crippen LogP contribution in [0.5, 0.6) is 5.75 Å². The lowest BCUT2D eigenvalue weighted by molar-refractivity contribution is -0.137. The molecule has 0 saturated carbocycles. The number of fused-ring (bicyclic) bond motifs is 1. The van der Waals surface area contributed by atoms with E-state index in [1.807, 2.05) is 16.8 Å². The summed E-state index contributed by atoms with van der Waals surface area (Å²) in [4.78, 5) is 28.0. The highest BCUT2D eigenvalue weighted by Crippen LogP contribution is 2.35. The number of nitrogens with two attached hydrogens (primary N) is 1. The van der Waals surface area contributed by atoms with Crippen molar-refractivity contribution in [1.29, 1.82) is 0 Å². The predicted molar refractivity (Wildman–Crippen MR) is 124 cm³/mol. The smallest absolute Gasteiger partial charge is 0.416 e. The van der Waals surface area contributed by atoms with Gasteiger partial charge in [-0.1, -0.05) is 6.07 Å². The number of halogens is 3. The van der Waals surface area contributed by atoms with Gasteiger partial charge in [0, 0.05) is 24.3 Å². The molecule has 11 heteroatoms. The Labute approximate surface area is 197 Å². The monoisotopic (exact) mass is 483 g/mol. The van der Waals surface area contributed by atoms with E-state index >= 15 is 0 Å². The lowest BCUT2D eigenvalue weighted by atomic mass is 10.1. The van der Waals surface area contributed by atoms with Gasteiger partial charge in [0.2, 0.25) is 0 Å². The molecule has 35 heavy (non-hydrogen) atoms. The maximum Gasteiger partial charge on any atom is 0.416 e. The molecule has 0 unspecified atom stereocenters. The van der Waals surface area contributed by atoms with Crippen LogP contribution in [0.4, 0.5) is 29.3 Å². The van der Waals surface area contributed by atoms with Crippen molar-refractivity contribution >= 4 is 34.2 Å². The summed E-state index contributed by atoms with van der Waals surface area (Å²) < 4.78 is 46.2. The molecule has 3 amide bonds. The molecule has 4 rings (SSSR count). The minimum absolute atomic E-state index is 0.0881. The number of primary amides is 1. The van der Waals surface area contributed by atoms with Crippen LogP contribution in [0.3, 0.4) is 0 Å². The maximum atomic E-state index is 13.1. The average Bonchev–Trinajstić information content (AvgIpc) is 3.22. The SMILES string of the molecule is COc1ccc(C(F)(F)F)cc1NC(=O)Nc1cccc2c1ccn2Cc1ccnc(C(N)=O)c1.